The van der Waals surface area contributed by atoms with E-state index in [2.05, 4.69) is 10.2 Å². The molecule has 0 aromatic carbocycles. The van der Waals surface area contributed by atoms with Gasteiger partial charge in [-0.2, -0.15) is 5.10 Å². The van der Waals surface area contributed by atoms with E-state index in [1.807, 2.05) is 0 Å². The van der Waals surface area contributed by atoms with Crippen molar-refractivity contribution >= 4 is 11.9 Å². The molecule has 0 spiro atoms. The van der Waals surface area contributed by atoms with Gasteiger partial charge in [-0.1, -0.05) is 0 Å². The molecule has 1 aliphatic heterocycles. The van der Waals surface area contributed by atoms with Crippen LogP contribution in [0.25, 0.3) is 0 Å². The third kappa shape index (κ3) is 1.47. The van der Waals surface area contributed by atoms with E-state index in [9.17, 15) is 9.59 Å². The van der Waals surface area contributed by atoms with Gasteiger partial charge in [0.05, 0.1) is 18.7 Å². The maximum atomic E-state index is 11.6. The topological polar surface area (TPSA) is 69.3 Å². The number of nitrogens with one attached hydrogen (secondary N) is 1. The molecule has 1 aromatic rings. The minimum Gasteiger partial charge on any atom is -0.320 e. The molecular formula is C9H12N4O2. The van der Waals surface area contributed by atoms with Crippen LogP contribution in [0.2, 0.25) is 0 Å². The van der Waals surface area contributed by atoms with Crippen molar-refractivity contribution in [3.8, 4) is 0 Å². The molecule has 2 heterocycles. The number of aromatic amines is 1. The van der Waals surface area contributed by atoms with E-state index in [1.165, 1.54) is 7.05 Å². The molecule has 1 unspecified atom stereocenters. The molecule has 1 atom stereocenters. The van der Waals surface area contributed by atoms with Gasteiger partial charge in [-0.05, 0) is 0 Å². The standard InChI is InChI=1S/C9H12N4O2/c1-12-7(6-4-10-11-5-6)3-8(14)13(2)9(12)15/h4-5,7H,3H2,1-2H3,(H,10,11). The molecule has 3 amide bonds. The highest BCUT2D eigenvalue weighted by molar-refractivity contribution is 5.96. The molecule has 6 heteroatoms. The molecule has 0 aliphatic carbocycles. The van der Waals surface area contributed by atoms with Gasteiger partial charge < -0.3 is 4.90 Å². The summed E-state index contributed by atoms with van der Waals surface area (Å²) in [6.07, 6.45) is 3.64. The molecule has 1 aromatic heterocycles. The van der Waals surface area contributed by atoms with Crippen LogP contribution in [-0.2, 0) is 4.79 Å². The van der Waals surface area contributed by atoms with Gasteiger partial charge in [0.25, 0.3) is 0 Å². The maximum absolute atomic E-state index is 11.6. The molecule has 6 nitrogen and oxygen atoms in total. The van der Waals surface area contributed by atoms with Crippen molar-refractivity contribution in [2.45, 2.75) is 12.5 Å². The number of aromatic nitrogens is 2. The Kier molecular flexibility index (Phi) is 2.18. The Hall–Kier alpha value is -1.85. The van der Waals surface area contributed by atoms with Crippen LogP contribution in [0.3, 0.4) is 0 Å². The summed E-state index contributed by atoms with van der Waals surface area (Å²) in [5, 5.41) is 6.49. The van der Waals surface area contributed by atoms with Crippen LogP contribution in [0.5, 0.6) is 0 Å². The zero-order valence-electron chi connectivity index (χ0n) is 8.60. The first-order chi connectivity index (χ1) is 7.11. The average molecular weight is 208 g/mol. The van der Waals surface area contributed by atoms with Crippen molar-refractivity contribution in [3.05, 3.63) is 18.0 Å². The van der Waals surface area contributed by atoms with Gasteiger partial charge in [-0.3, -0.25) is 14.8 Å². The van der Waals surface area contributed by atoms with E-state index < -0.39 is 0 Å². The van der Waals surface area contributed by atoms with Crippen molar-refractivity contribution in [2.75, 3.05) is 14.1 Å². The normalized spacial score (nSPS) is 22.4. The zero-order chi connectivity index (χ0) is 11.0. The highest BCUT2D eigenvalue weighted by atomic mass is 16.2. The van der Waals surface area contributed by atoms with Crippen molar-refractivity contribution in [1.29, 1.82) is 0 Å². The number of carbonyl (C=O) groups is 2. The van der Waals surface area contributed by atoms with Crippen LogP contribution in [0.15, 0.2) is 12.4 Å². The van der Waals surface area contributed by atoms with Gasteiger partial charge in [-0.15, -0.1) is 0 Å². The van der Waals surface area contributed by atoms with Gasteiger partial charge in [0.1, 0.15) is 0 Å². The number of imide groups is 1. The molecule has 2 rings (SSSR count). The number of nitrogens with zero attached hydrogens (tertiary/aromatic N) is 3. The van der Waals surface area contributed by atoms with Gasteiger partial charge >= 0.3 is 6.03 Å². The van der Waals surface area contributed by atoms with E-state index in [4.69, 9.17) is 0 Å². The van der Waals surface area contributed by atoms with Crippen LogP contribution < -0.4 is 0 Å². The zero-order valence-corrected chi connectivity index (χ0v) is 8.60. The summed E-state index contributed by atoms with van der Waals surface area (Å²) in [5.41, 5.74) is 0.854. The molecular weight excluding hydrogens is 196 g/mol. The van der Waals surface area contributed by atoms with Gasteiger partial charge in [0.15, 0.2) is 0 Å². The fourth-order valence-electron chi connectivity index (χ4n) is 1.70. The molecule has 0 radical (unpaired) electrons. The van der Waals surface area contributed by atoms with E-state index in [1.54, 1.807) is 24.3 Å². The van der Waals surface area contributed by atoms with E-state index in [0.717, 1.165) is 10.5 Å². The summed E-state index contributed by atoms with van der Waals surface area (Å²) >= 11 is 0. The smallest absolute Gasteiger partial charge is 0.320 e. The average Bonchev–Trinajstić information content (AvgIpc) is 2.73. The number of H-pyrrole nitrogens is 1. The monoisotopic (exact) mass is 208 g/mol. The lowest BCUT2D eigenvalue weighted by molar-refractivity contribution is -0.131. The van der Waals surface area contributed by atoms with Crippen LogP contribution in [0.4, 0.5) is 4.79 Å². The third-order valence-electron chi connectivity index (χ3n) is 2.70. The van der Waals surface area contributed by atoms with E-state index >= 15 is 0 Å². The van der Waals surface area contributed by atoms with Crippen molar-refractivity contribution < 1.29 is 9.59 Å². The minimum atomic E-state index is -0.280. The summed E-state index contributed by atoms with van der Waals surface area (Å²) in [5.74, 6) is -0.163. The molecule has 1 aliphatic rings. The molecule has 15 heavy (non-hydrogen) atoms. The minimum absolute atomic E-state index is 0.163. The first-order valence-corrected chi connectivity index (χ1v) is 4.63. The predicted octanol–water partition coefficient (Wildman–Crippen LogP) is 0.365. The summed E-state index contributed by atoms with van der Waals surface area (Å²) < 4.78 is 0. The lowest BCUT2D eigenvalue weighted by Gasteiger charge is -2.35. The van der Waals surface area contributed by atoms with Gasteiger partial charge in [-0.25, -0.2) is 4.79 Å². The summed E-state index contributed by atoms with van der Waals surface area (Å²) in [6.45, 7) is 0. The number of hydrogen-bond acceptors (Lipinski definition) is 3. The van der Waals surface area contributed by atoms with E-state index in [0.29, 0.717) is 6.42 Å². The molecule has 1 saturated heterocycles. The number of amides is 3. The van der Waals surface area contributed by atoms with Crippen LogP contribution in [0.1, 0.15) is 18.0 Å². The Bertz CT molecular complexity index is 387. The quantitative estimate of drug-likeness (QED) is 0.724. The van der Waals surface area contributed by atoms with Crippen LogP contribution in [0, 0.1) is 0 Å². The Morgan fingerprint density at radius 2 is 2.20 bits per heavy atom. The Labute approximate surface area is 86.9 Å². The number of urea groups is 1. The van der Waals surface area contributed by atoms with Crippen molar-refractivity contribution in [1.82, 2.24) is 20.0 Å². The first-order valence-electron chi connectivity index (χ1n) is 4.63. The molecule has 0 saturated carbocycles. The Balaban J connectivity index is 2.28. The van der Waals surface area contributed by atoms with Crippen molar-refractivity contribution in [3.63, 3.8) is 0 Å². The van der Waals surface area contributed by atoms with Gasteiger partial charge in [0.2, 0.25) is 5.91 Å². The fraction of sp³-hybridized carbons (Fsp3) is 0.444. The molecule has 1 fully saturated rings. The highest BCUT2D eigenvalue weighted by Crippen LogP contribution is 2.27. The van der Waals surface area contributed by atoms with Crippen molar-refractivity contribution in [2.24, 2.45) is 0 Å². The second-order valence-corrected chi connectivity index (χ2v) is 3.60. The first kappa shape index (κ1) is 9.70. The molecule has 1 N–H and O–H groups in total. The molecule has 80 valence electrons. The SMILES string of the molecule is CN1C(=O)CC(c2cn[nH]c2)N(C)C1=O. The summed E-state index contributed by atoms with van der Waals surface area (Å²) in [4.78, 5) is 25.8. The number of carbonyl (C=O) groups excluding carboxylic acids is 2. The number of rotatable bonds is 1. The van der Waals surface area contributed by atoms with Crippen LogP contribution in [-0.4, -0.2) is 46.0 Å². The van der Waals surface area contributed by atoms with E-state index in [-0.39, 0.29) is 18.0 Å². The maximum Gasteiger partial charge on any atom is 0.326 e. The summed E-state index contributed by atoms with van der Waals surface area (Å²) in [6, 6.07) is -0.489. The second kappa shape index (κ2) is 3.38. The lowest BCUT2D eigenvalue weighted by atomic mass is 10.0. The Morgan fingerprint density at radius 3 is 2.80 bits per heavy atom. The predicted molar refractivity (Wildman–Crippen MR) is 51.9 cm³/mol. The van der Waals surface area contributed by atoms with Crippen LogP contribution >= 0.6 is 0 Å². The Morgan fingerprint density at radius 1 is 1.47 bits per heavy atom. The highest BCUT2D eigenvalue weighted by Gasteiger charge is 2.35. The largest absolute Gasteiger partial charge is 0.326 e. The summed E-state index contributed by atoms with van der Waals surface area (Å²) in [7, 11) is 3.18. The van der Waals surface area contributed by atoms with Gasteiger partial charge in [0, 0.05) is 25.9 Å². The molecule has 0 bridgehead atoms. The lowest BCUT2D eigenvalue weighted by Crippen LogP contribution is -2.49. The third-order valence-corrected chi connectivity index (χ3v) is 2.70. The second-order valence-electron chi connectivity index (χ2n) is 3.60. The fourth-order valence-corrected chi connectivity index (χ4v) is 1.70. The number of hydrogen-bond donors (Lipinski definition) is 1.